The molecule has 0 saturated carbocycles. The summed E-state index contributed by atoms with van der Waals surface area (Å²) < 4.78 is 5.44. The molecule has 0 spiro atoms. The average Bonchev–Trinajstić information content (AvgIpc) is 2.40. The highest BCUT2D eigenvalue weighted by Crippen LogP contribution is 2.26. The van der Waals surface area contributed by atoms with Crippen molar-refractivity contribution in [3.8, 4) is 0 Å². The number of hydrogen-bond donors (Lipinski definition) is 1. The average molecular weight is 262 g/mol. The van der Waals surface area contributed by atoms with Gasteiger partial charge in [0.15, 0.2) is 11.5 Å². The number of benzene rings is 1. The summed E-state index contributed by atoms with van der Waals surface area (Å²) in [5, 5.41) is 0. The van der Waals surface area contributed by atoms with Crippen molar-refractivity contribution in [1.29, 1.82) is 0 Å². The van der Waals surface area contributed by atoms with E-state index in [0.717, 1.165) is 6.42 Å². The molecule has 1 aliphatic rings. The Hall–Kier alpha value is -1.55. The maximum Gasteiger partial charge on any atom is 0.228 e. The van der Waals surface area contributed by atoms with Gasteiger partial charge in [0.25, 0.3) is 0 Å². The van der Waals surface area contributed by atoms with Crippen LogP contribution in [-0.2, 0) is 4.74 Å². The predicted octanol–water partition coefficient (Wildman–Crippen LogP) is 2.68. The van der Waals surface area contributed by atoms with E-state index in [1.165, 1.54) is 0 Å². The fraction of sp³-hybridized carbons (Fsp3) is 0.286. The van der Waals surface area contributed by atoms with Crippen LogP contribution in [0, 0.1) is 0 Å². The molecule has 0 amide bonds. The van der Waals surface area contributed by atoms with E-state index >= 15 is 0 Å². The van der Waals surface area contributed by atoms with Gasteiger partial charge < -0.3 is 4.74 Å². The van der Waals surface area contributed by atoms with E-state index in [0.29, 0.717) is 29.1 Å². The van der Waals surface area contributed by atoms with Crippen molar-refractivity contribution < 1.29 is 14.3 Å². The van der Waals surface area contributed by atoms with Crippen LogP contribution in [0.25, 0.3) is 0 Å². The number of ether oxygens (including phenoxy) is 1. The monoisotopic (exact) mass is 262 g/mol. The van der Waals surface area contributed by atoms with E-state index in [-0.39, 0.29) is 17.3 Å². The van der Waals surface area contributed by atoms with Gasteiger partial charge in [-0.25, -0.2) is 0 Å². The Kier molecular flexibility index (Phi) is 3.87. The van der Waals surface area contributed by atoms with Gasteiger partial charge in [-0.1, -0.05) is 24.3 Å². The number of fused-ring (bicyclic) bond motifs is 1. The molecule has 0 aliphatic heterocycles. The van der Waals surface area contributed by atoms with E-state index in [1.54, 1.807) is 31.2 Å². The Bertz CT molecular complexity index is 532. The van der Waals surface area contributed by atoms with Crippen molar-refractivity contribution in [2.24, 2.45) is 0 Å². The second kappa shape index (κ2) is 5.40. The van der Waals surface area contributed by atoms with Crippen LogP contribution >= 0.6 is 12.6 Å². The zero-order chi connectivity index (χ0) is 13.1. The minimum atomic E-state index is -0.207. The van der Waals surface area contributed by atoms with Gasteiger partial charge in [-0.15, -0.1) is 0 Å². The third-order valence-electron chi connectivity index (χ3n) is 2.85. The molecule has 0 saturated heterocycles. The number of carbonyl (C=O) groups is 2. The number of hydrogen-bond acceptors (Lipinski definition) is 4. The first-order chi connectivity index (χ1) is 8.66. The molecule has 1 aromatic carbocycles. The number of rotatable bonds is 4. The van der Waals surface area contributed by atoms with E-state index in [9.17, 15) is 9.59 Å². The molecule has 94 valence electrons. The number of ketones is 2. The Balaban J connectivity index is 2.34. The highest BCUT2D eigenvalue weighted by molar-refractivity contribution is 7.80. The zero-order valence-corrected chi connectivity index (χ0v) is 11.0. The molecule has 0 radical (unpaired) electrons. The van der Waals surface area contributed by atoms with Crippen LogP contribution in [0.5, 0.6) is 0 Å². The number of thiol groups is 1. The Morgan fingerprint density at radius 2 is 1.72 bits per heavy atom. The molecule has 0 N–H and O–H groups in total. The third-order valence-corrected chi connectivity index (χ3v) is 3.17. The van der Waals surface area contributed by atoms with Crippen LogP contribution in [0.1, 0.15) is 34.1 Å². The van der Waals surface area contributed by atoms with Crippen molar-refractivity contribution in [3.05, 3.63) is 46.7 Å². The fourth-order valence-corrected chi connectivity index (χ4v) is 2.02. The molecule has 3 nitrogen and oxygen atoms in total. The van der Waals surface area contributed by atoms with Gasteiger partial charge >= 0.3 is 0 Å². The van der Waals surface area contributed by atoms with Crippen LogP contribution in [-0.4, -0.2) is 23.9 Å². The van der Waals surface area contributed by atoms with Crippen LogP contribution in [0.2, 0.25) is 0 Å². The first-order valence-corrected chi connectivity index (χ1v) is 6.43. The summed E-state index contributed by atoms with van der Waals surface area (Å²) in [6, 6.07) is 6.83. The molecule has 1 aliphatic carbocycles. The van der Waals surface area contributed by atoms with E-state index in [4.69, 9.17) is 4.74 Å². The lowest BCUT2D eigenvalue weighted by atomic mass is 9.89. The van der Waals surface area contributed by atoms with Gasteiger partial charge in [0.1, 0.15) is 0 Å². The fourth-order valence-electron chi connectivity index (χ4n) is 1.89. The molecular weight excluding hydrogens is 248 g/mol. The lowest BCUT2D eigenvalue weighted by Gasteiger charge is -2.19. The van der Waals surface area contributed by atoms with Gasteiger partial charge in [0, 0.05) is 16.7 Å². The second-order valence-corrected chi connectivity index (χ2v) is 4.53. The van der Waals surface area contributed by atoms with Gasteiger partial charge in [0.2, 0.25) is 5.78 Å². The molecule has 0 bridgehead atoms. The molecular formula is C14H14O3S. The summed E-state index contributed by atoms with van der Waals surface area (Å²) in [6.45, 7) is 2.03. The largest absolute Gasteiger partial charge is 0.489 e. The summed E-state index contributed by atoms with van der Waals surface area (Å²) >= 11 is 4.08. The highest BCUT2D eigenvalue weighted by Gasteiger charge is 2.30. The standard InChI is InChI=1S/C14H14O3S/c1-9-12(15)10-5-2-3-6-11(10)13(16)14(9)17-7-4-8-18/h2-3,5-6,18H,4,7-8H2,1H3. The summed E-state index contributed by atoms with van der Waals surface area (Å²) in [5.74, 6) is 0.527. The van der Waals surface area contributed by atoms with Crippen LogP contribution < -0.4 is 0 Å². The van der Waals surface area contributed by atoms with Gasteiger partial charge in [0.05, 0.1) is 6.61 Å². The second-order valence-electron chi connectivity index (χ2n) is 4.08. The van der Waals surface area contributed by atoms with Gasteiger partial charge in [-0.05, 0) is 19.1 Å². The maximum atomic E-state index is 12.2. The Labute approximate surface area is 111 Å². The van der Waals surface area contributed by atoms with Crippen LogP contribution in [0.15, 0.2) is 35.6 Å². The van der Waals surface area contributed by atoms with Crippen molar-refractivity contribution in [2.75, 3.05) is 12.4 Å². The zero-order valence-electron chi connectivity index (χ0n) is 10.1. The van der Waals surface area contributed by atoms with E-state index in [1.807, 2.05) is 0 Å². The minimum absolute atomic E-state index is 0.133. The third kappa shape index (κ3) is 2.20. The topological polar surface area (TPSA) is 43.4 Å². The highest BCUT2D eigenvalue weighted by atomic mass is 32.1. The van der Waals surface area contributed by atoms with Crippen LogP contribution in [0.4, 0.5) is 0 Å². The van der Waals surface area contributed by atoms with Crippen molar-refractivity contribution in [3.63, 3.8) is 0 Å². The number of allylic oxidation sites excluding steroid dienone is 2. The molecule has 0 heterocycles. The number of carbonyl (C=O) groups excluding carboxylic acids is 2. The SMILES string of the molecule is CC1=C(OCCCS)C(=O)c2ccccc2C1=O. The van der Waals surface area contributed by atoms with Crippen molar-refractivity contribution >= 4 is 24.2 Å². The molecule has 0 atom stereocenters. The normalized spacial score (nSPS) is 14.8. The summed E-state index contributed by atoms with van der Waals surface area (Å²) in [5.41, 5.74) is 1.27. The minimum Gasteiger partial charge on any atom is -0.489 e. The van der Waals surface area contributed by atoms with Gasteiger partial charge in [-0.2, -0.15) is 12.6 Å². The summed E-state index contributed by atoms with van der Waals surface area (Å²) in [4.78, 5) is 24.3. The quantitative estimate of drug-likeness (QED) is 0.670. The Morgan fingerprint density at radius 1 is 1.11 bits per heavy atom. The first kappa shape index (κ1) is 12.9. The smallest absolute Gasteiger partial charge is 0.228 e. The van der Waals surface area contributed by atoms with E-state index < -0.39 is 0 Å². The van der Waals surface area contributed by atoms with Crippen LogP contribution in [0.3, 0.4) is 0 Å². The molecule has 2 rings (SSSR count). The van der Waals surface area contributed by atoms with E-state index in [2.05, 4.69) is 12.6 Å². The molecule has 1 aromatic rings. The molecule has 18 heavy (non-hydrogen) atoms. The first-order valence-electron chi connectivity index (χ1n) is 5.79. The molecule has 0 unspecified atom stereocenters. The predicted molar refractivity (Wildman–Crippen MR) is 72.2 cm³/mol. The lowest BCUT2D eigenvalue weighted by Crippen LogP contribution is -2.22. The summed E-state index contributed by atoms with van der Waals surface area (Å²) in [7, 11) is 0. The van der Waals surface area contributed by atoms with Gasteiger partial charge in [-0.3, -0.25) is 9.59 Å². The lowest BCUT2D eigenvalue weighted by molar-refractivity contribution is 0.0872. The number of Topliss-reactive ketones (excluding diaryl/α,β-unsaturated/α-hetero) is 2. The van der Waals surface area contributed by atoms with Crippen molar-refractivity contribution in [1.82, 2.24) is 0 Å². The summed E-state index contributed by atoms with van der Waals surface area (Å²) in [6.07, 6.45) is 0.739. The molecule has 4 heteroatoms. The molecule has 0 aromatic heterocycles. The Morgan fingerprint density at radius 3 is 2.33 bits per heavy atom. The molecule has 0 fully saturated rings. The van der Waals surface area contributed by atoms with Crippen molar-refractivity contribution in [2.45, 2.75) is 13.3 Å². The maximum absolute atomic E-state index is 12.2.